The third-order valence-corrected chi connectivity index (χ3v) is 2.96. The molecule has 0 aromatic heterocycles. The van der Waals surface area contributed by atoms with Crippen LogP contribution in [0.5, 0.6) is 0 Å². The van der Waals surface area contributed by atoms with E-state index in [1.54, 1.807) is 7.11 Å². The molecule has 0 radical (unpaired) electrons. The second-order valence-electron chi connectivity index (χ2n) is 4.26. The quantitative estimate of drug-likeness (QED) is 0.544. The summed E-state index contributed by atoms with van der Waals surface area (Å²) in [7, 11) is 1.57. The zero-order valence-electron chi connectivity index (χ0n) is 10.5. The lowest BCUT2D eigenvalue weighted by Crippen LogP contribution is -2.49. The van der Waals surface area contributed by atoms with E-state index in [1.807, 2.05) is 13.8 Å². The summed E-state index contributed by atoms with van der Waals surface area (Å²) < 4.78 is 4.98. The predicted molar refractivity (Wildman–Crippen MR) is 63.0 cm³/mol. The zero-order chi connectivity index (χ0) is 12.6. The largest absolute Gasteiger partial charge is 0.396 e. The summed E-state index contributed by atoms with van der Waals surface area (Å²) in [6.07, 6.45) is 1.18. The standard InChI is InChI=1S/C11H24N2O3/c1-4-11(2,8-12)10(15)13-9(5-6-14)7-16-3/h9,14H,4-8,12H2,1-3H3,(H,13,15). The summed E-state index contributed by atoms with van der Waals surface area (Å²) in [6.45, 7) is 4.51. The van der Waals surface area contributed by atoms with Gasteiger partial charge in [0.15, 0.2) is 0 Å². The van der Waals surface area contributed by atoms with Gasteiger partial charge in [-0.1, -0.05) is 6.92 Å². The molecule has 0 saturated heterocycles. The zero-order valence-corrected chi connectivity index (χ0v) is 10.5. The second-order valence-corrected chi connectivity index (χ2v) is 4.26. The molecule has 0 aliphatic carbocycles. The monoisotopic (exact) mass is 232 g/mol. The summed E-state index contributed by atoms with van der Waals surface area (Å²) in [5, 5.41) is 11.7. The highest BCUT2D eigenvalue weighted by atomic mass is 16.5. The highest BCUT2D eigenvalue weighted by molar-refractivity contribution is 5.82. The molecular formula is C11H24N2O3. The van der Waals surface area contributed by atoms with Crippen molar-refractivity contribution in [1.29, 1.82) is 0 Å². The van der Waals surface area contributed by atoms with E-state index in [0.29, 0.717) is 26.0 Å². The molecule has 5 heteroatoms. The van der Waals surface area contributed by atoms with Gasteiger partial charge < -0.3 is 20.9 Å². The van der Waals surface area contributed by atoms with Crippen LogP contribution in [-0.2, 0) is 9.53 Å². The minimum absolute atomic E-state index is 0.0276. The van der Waals surface area contributed by atoms with Gasteiger partial charge in [-0.05, 0) is 19.8 Å². The topological polar surface area (TPSA) is 84.6 Å². The van der Waals surface area contributed by atoms with Crippen LogP contribution < -0.4 is 11.1 Å². The van der Waals surface area contributed by atoms with Crippen molar-refractivity contribution in [3.63, 3.8) is 0 Å². The third kappa shape index (κ3) is 4.47. The Morgan fingerprint density at radius 3 is 2.62 bits per heavy atom. The summed E-state index contributed by atoms with van der Waals surface area (Å²) >= 11 is 0. The van der Waals surface area contributed by atoms with Crippen LogP contribution in [0.1, 0.15) is 26.7 Å². The number of hydrogen-bond acceptors (Lipinski definition) is 4. The average Bonchev–Trinajstić information content (AvgIpc) is 2.28. The molecule has 2 unspecified atom stereocenters. The number of hydrogen-bond donors (Lipinski definition) is 3. The number of amides is 1. The molecule has 0 aliphatic rings. The molecule has 0 saturated carbocycles. The average molecular weight is 232 g/mol. The highest BCUT2D eigenvalue weighted by Crippen LogP contribution is 2.19. The molecule has 0 aromatic rings. The number of aliphatic hydroxyl groups excluding tert-OH is 1. The van der Waals surface area contributed by atoms with Gasteiger partial charge in [0.05, 0.1) is 18.1 Å². The van der Waals surface area contributed by atoms with Crippen molar-refractivity contribution >= 4 is 5.91 Å². The van der Waals surface area contributed by atoms with E-state index < -0.39 is 5.41 Å². The molecular weight excluding hydrogens is 208 g/mol. The van der Waals surface area contributed by atoms with Crippen LogP contribution in [0.25, 0.3) is 0 Å². The molecule has 5 nitrogen and oxygen atoms in total. The van der Waals surface area contributed by atoms with Crippen molar-refractivity contribution in [2.24, 2.45) is 11.1 Å². The van der Waals surface area contributed by atoms with Gasteiger partial charge in [0.2, 0.25) is 5.91 Å². The van der Waals surface area contributed by atoms with Gasteiger partial charge in [-0.25, -0.2) is 0 Å². The van der Waals surface area contributed by atoms with Gasteiger partial charge in [-0.3, -0.25) is 4.79 Å². The first-order chi connectivity index (χ1) is 7.53. The highest BCUT2D eigenvalue weighted by Gasteiger charge is 2.30. The number of carbonyl (C=O) groups is 1. The lowest BCUT2D eigenvalue weighted by Gasteiger charge is -2.28. The lowest BCUT2D eigenvalue weighted by atomic mass is 9.86. The third-order valence-electron chi connectivity index (χ3n) is 2.96. The van der Waals surface area contributed by atoms with Gasteiger partial charge in [0, 0.05) is 20.3 Å². The molecule has 0 aromatic carbocycles. The van der Waals surface area contributed by atoms with E-state index in [2.05, 4.69) is 5.32 Å². The smallest absolute Gasteiger partial charge is 0.227 e. The van der Waals surface area contributed by atoms with Crippen LogP contribution in [0.15, 0.2) is 0 Å². The van der Waals surface area contributed by atoms with Crippen LogP contribution in [-0.4, -0.2) is 43.9 Å². The lowest BCUT2D eigenvalue weighted by molar-refractivity contribution is -0.131. The number of aliphatic hydroxyl groups is 1. The van der Waals surface area contributed by atoms with E-state index in [1.165, 1.54) is 0 Å². The van der Waals surface area contributed by atoms with Gasteiger partial charge in [-0.15, -0.1) is 0 Å². The number of methoxy groups -OCH3 is 1. The summed E-state index contributed by atoms with van der Waals surface area (Å²) in [6, 6.07) is -0.153. The van der Waals surface area contributed by atoms with Crippen molar-refractivity contribution in [2.75, 3.05) is 26.9 Å². The maximum absolute atomic E-state index is 12.0. The molecule has 0 fully saturated rings. The molecule has 0 heterocycles. The minimum atomic E-state index is -0.540. The molecule has 1 amide bonds. The van der Waals surface area contributed by atoms with Gasteiger partial charge >= 0.3 is 0 Å². The molecule has 16 heavy (non-hydrogen) atoms. The maximum Gasteiger partial charge on any atom is 0.227 e. The van der Waals surface area contributed by atoms with E-state index >= 15 is 0 Å². The van der Waals surface area contributed by atoms with E-state index in [0.717, 1.165) is 0 Å². The Morgan fingerprint density at radius 2 is 2.25 bits per heavy atom. The molecule has 0 bridgehead atoms. The molecule has 0 spiro atoms. The Hall–Kier alpha value is -0.650. The van der Waals surface area contributed by atoms with Crippen LogP contribution in [0, 0.1) is 5.41 Å². The van der Waals surface area contributed by atoms with Gasteiger partial charge in [0.25, 0.3) is 0 Å². The van der Waals surface area contributed by atoms with E-state index in [9.17, 15) is 4.79 Å². The van der Waals surface area contributed by atoms with Crippen molar-refractivity contribution < 1.29 is 14.6 Å². The van der Waals surface area contributed by atoms with E-state index in [-0.39, 0.29) is 18.6 Å². The first kappa shape index (κ1) is 15.3. The van der Waals surface area contributed by atoms with Crippen molar-refractivity contribution in [3.05, 3.63) is 0 Å². The Labute approximate surface area is 97.3 Å². The molecule has 0 aliphatic heterocycles. The first-order valence-electron chi connectivity index (χ1n) is 5.64. The fourth-order valence-corrected chi connectivity index (χ4v) is 1.31. The number of rotatable bonds is 8. The number of nitrogens with one attached hydrogen (secondary N) is 1. The van der Waals surface area contributed by atoms with Crippen LogP contribution >= 0.6 is 0 Å². The van der Waals surface area contributed by atoms with Crippen molar-refractivity contribution in [3.8, 4) is 0 Å². The summed E-state index contributed by atoms with van der Waals surface area (Å²) in [5.41, 5.74) is 5.06. The van der Waals surface area contributed by atoms with Gasteiger partial charge in [0.1, 0.15) is 0 Å². The van der Waals surface area contributed by atoms with Crippen LogP contribution in [0.3, 0.4) is 0 Å². The number of nitrogens with two attached hydrogens (primary N) is 1. The Balaban J connectivity index is 4.37. The summed E-state index contributed by atoms with van der Waals surface area (Å²) in [4.78, 5) is 12.0. The van der Waals surface area contributed by atoms with Gasteiger partial charge in [-0.2, -0.15) is 0 Å². The van der Waals surface area contributed by atoms with E-state index in [4.69, 9.17) is 15.6 Å². The molecule has 0 rings (SSSR count). The van der Waals surface area contributed by atoms with Crippen molar-refractivity contribution in [2.45, 2.75) is 32.7 Å². The Bertz CT molecular complexity index is 199. The second kappa shape index (κ2) is 7.60. The van der Waals surface area contributed by atoms with Crippen molar-refractivity contribution in [1.82, 2.24) is 5.32 Å². The molecule has 4 N–H and O–H groups in total. The predicted octanol–water partition coefficient (Wildman–Crippen LogP) is -0.125. The molecule has 96 valence electrons. The fraction of sp³-hybridized carbons (Fsp3) is 0.909. The SMILES string of the molecule is CCC(C)(CN)C(=O)NC(CCO)COC. The Kier molecular flexibility index (Phi) is 7.29. The number of carbonyl (C=O) groups excluding carboxylic acids is 1. The van der Waals surface area contributed by atoms with Crippen LogP contribution in [0.2, 0.25) is 0 Å². The first-order valence-corrected chi connectivity index (χ1v) is 5.64. The Morgan fingerprint density at radius 1 is 1.62 bits per heavy atom. The van der Waals surface area contributed by atoms with Crippen LogP contribution in [0.4, 0.5) is 0 Å². The summed E-state index contributed by atoms with van der Waals surface area (Å²) in [5.74, 6) is -0.0759. The maximum atomic E-state index is 12.0. The number of ether oxygens (including phenoxy) is 1. The minimum Gasteiger partial charge on any atom is -0.396 e. The fourth-order valence-electron chi connectivity index (χ4n) is 1.31. The molecule has 2 atom stereocenters. The normalized spacial score (nSPS) is 16.6.